The number of benzene rings is 2. The Morgan fingerprint density at radius 2 is 2.00 bits per heavy atom. The first-order valence-electron chi connectivity index (χ1n) is 6.82. The van der Waals surface area contributed by atoms with Crippen LogP contribution in [0.3, 0.4) is 0 Å². The number of carbonyl (C=O) groups excluding carboxylic acids is 1. The third kappa shape index (κ3) is 3.23. The number of hydrogen-bond donors (Lipinski definition) is 2. The quantitative estimate of drug-likeness (QED) is 0.533. The fourth-order valence-corrected chi connectivity index (χ4v) is 2.50. The van der Waals surface area contributed by atoms with Gasteiger partial charge in [0.1, 0.15) is 5.82 Å². The topological polar surface area (TPSA) is 87.2 Å². The van der Waals surface area contributed by atoms with Gasteiger partial charge in [-0.2, -0.15) is 10.2 Å². The molecular formula is C16H10BrFN4O2. The highest BCUT2D eigenvalue weighted by Crippen LogP contribution is 2.16. The van der Waals surface area contributed by atoms with Gasteiger partial charge in [-0.1, -0.05) is 24.3 Å². The summed E-state index contributed by atoms with van der Waals surface area (Å²) in [4.78, 5) is 23.9. The molecule has 1 amide bonds. The maximum atomic E-state index is 13.2. The fourth-order valence-electron chi connectivity index (χ4n) is 2.10. The molecule has 0 bridgehead atoms. The Bertz CT molecular complexity index is 1020. The van der Waals surface area contributed by atoms with Crippen LogP contribution in [0.5, 0.6) is 0 Å². The van der Waals surface area contributed by atoms with Crippen molar-refractivity contribution in [3.63, 3.8) is 0 Å². The maximum absolute atomic E-state index is 13.2. The van der Waals surface area contributed by atoms with Gasteiger partial charge in [0, 0.05) is 5.39 Å². The molecule has 8 heteroatoms. The smallest absolute Gasteiger partial charge is 0.267 e. The van der Waals surface area contributed by atoms with Crippen LogP contribution in [-0.4, -0.2) is 22.3 Å². The molecule has 0 saturated carbocycles. The van der Waals surface area contributed by atoms with Crippen molar-refractivity contribution in [2.45, 2.75) is 0 Å². The molecule has 0 aliphatic carbocycles. The number of carbonyl (C=O) groups is 1. The van der Waals surface area contributed by atoms with E-state index in [2.05, 4.69) is 36.7 Å². The highest BCUT2D eigenvalue weighted by atomic mass is 79.9. The molecule has 6 nitrogen and oxygen atoms in total. The van der Waals surface area contributed by atoms with Crippen molar-refractivity contribution in [3.8, 4) is 0 Å². The van der Waals surface area contributed by atoms with Crippen molar-refractivity contribution < 1.29 is 9.18 Å². The monoisotopic (exact) mass is 388 g/mol. The number of halogens is 2. The number of rotatable bonds is 3. The highest BCUT2D eigenvalue weighted by Gasteiger charge is 2.13. The number of aromatic amines is 1. The van der Waals surface area contributed by atoms with E-state index >= 15 is 0 Å². The van der Waals surface area contributed by atoms with Crippen molar-refractivity contribution >= 4 is 38.8 Å². The standard InChI is InChI=1S/C16H10BrFN4O2/c17-12-7-9(5-6-13(12)18)8-19-21-16(24)14-10-3-1-2-4-11(10)15(23)22-20-14/h1-8H,(H,21,24)(H,22,23)/b19-8-. The number of fused-ring (bicyclic) bond motifs is 1. The summed E-state index contributed by atoms with van der Waals surface area (Å²) in [7, 11) is 0. The molecule has 1 heterocycles. The Labute approximate surface area is 143 Å². The Morgan fingerprint density at radius 3 is 2.75 bits per heavy atom. The number of H-pyrrole nitrogens is 1. The first-order chi connectivity index (χ1) is 11.6. The molecule has 0 unspecified atom stereocenters. The minimum atomic E-state index is -0.570. The third-order valence-corrected chi connectivity index (χ3v) is 3.84. The summed E-state index contributed by atoms with van der Waals surface area (Å²) < 4.78 is 13.5. The first-order valence-corrected chi connectivity index (χ1v) is 7.61. The molecule has 0 atom stereocenters. The van der Waals surface area contributed by atoms with Crippen LogP contribution in [0.15, 0.2) is 56.8 Å². The van der Waals surface area contributed by atoms with Gasteiger partial charge >= 0.3 is 0 Å². The summed E-state index contributed by atoms with van der Waals surface area (Å²) in [5.74, 6) is -0.958. The van der Waals surface area contributed by atoms with Gasteiger partial charge in [0.2, 0.25) is 0 Å². The fraction of sp³-hybridized carbons (Fsp3) is 0. The zero-order valence-corrected chi connectivity index (χ0v) is 13.7. The van der Waals surface area contributed by atoms with Crippen LogP contribution in [-0.2, 0) is 0 Å². The second-order valence-corrected chi connectivity index (χ2v) is 5.67. The normalized spacial score (nSPS) is 11.1. The van der Waals surface area contributed by atoms with Gasteiger partial charge < -0.3 is 0 Å². The average Bonchev–Trinajstić information content (AvgIpc) is 2.58. The minimum absolute atomic E-state index is 0.0580. The molecule has 3 aromatic rings. The second kappa shape index (κ2) is 6.71. The summed E-state index contributed by atoms with van der Waals surface area (Å²) in [6, 6.07) is 11.0. The molecule has 0 fully saturated rings. The van der Waals surface area contributed by atoms with E-state index in [-0.39, 0.29) is 17.1 Å². The second-order valence-electron chi connectivity index (χ2n) is 4.82. The lowest BCUT2D eigenvalue weighted by Crippen LogP contribution is -2.22. The van der Waals surface area contributed by atoms with E-state index in [0.717, 1.165) is 0 Å². The summed E-state index contributed by atoms with van der Waals surface area (Å²) >= 11 is 3.07. The van der Waals surface area contributed by atoms with E-state index in [1.807, 2.05) is 0 Å². The van der Waals surface area contributed by atoms with Crippen molar-refractivity contribution in [1.82, 2.24) is 15.6 Å². The molecule has 3 rings (SSSR count). The van der Waals surface area contributed by atoms with Gasteiger partial charge in [0.05, 0.1) is 16.1 Å². The van der Waals surface area contributed by atoms with Crippen LogP contribution in [0.4, 0.5) is 4.39 Å². The van der Waals surface area contributed by atoms with Crippen LogP contribution in [0.25, 0.3) is 10.8 Å². The van der Waals surface area contributed by atoms with Crippen LogP contribution >= 0.6 is 15.9 Å². The van der Waals surface area contributed by atoms with Gasteiger partial charge in [0.15, 0.2) is 5.69 Å². The lowest BCUT2D eigenvalue weighted by atomic mass is 10.1. The molecule has 120 valence electrons. The molecule has 24 heavy (non-hydrogen) atoms. The highest BCUT2D eigenvalue weighted by molar-refractivity contribution is 9.10. The van der Waals surface area contributed by atoms with Gasteiger partial charge in [-0.3, -0.25) is 9.59 Å². The van der Waals surface area contributed by atoms with E-state index < -0.39 is 5.91 Å². The average molecular weight is 389 g/mol. The van der Waals surface area contributed by atoms with E-state index in [9.17, 15) is 14.0 Å². The number of hydrogen-bond acceptors (Lipinski definition) is 4. The van der Waals surface area contributed by atoms with Crippen LogP contribution in [0.2, 0.25) is 0 Å². The minimum Gasteiger partial charge on any atom is -0.267 e. The van der Waals surface area contributed by atoms with Gasteiger partial charge in [-0.05, 0) is 39.7 Å². The Morgan fingerprint density at radius 1 is 1.25 bits per heavy atom. The van der Waals surface area contributed by atoms with Crippen molar-refractivity contribution in [3.05, 3.63) is 74.4 Å². The third-order valence-electron chi connectivity index (χ3n) is 3.23. The Kier molecular flexibility index (Phi) is 4.48. The zero-order valence-electron chi connectivity index (χ0n) is 12.1. The Hall–Kier alpha value is -2.87. The molecule has 0 radical (unpaired) electrons. The van der Waals surface area contributed by atoms with E-state index in [4.69, 9.17) is 0 Å². The van der Waals surface area contributed by atoms with Crippen molar-refractivity contribution in [1.29, 1.82) is 0 Å². The van der Waals surface area contributed by atoms with E-state index in [1.165, 1.54) is 24.4 Å². The van der Waals surface area contributed by atoms with E-state index in [0.29, 0.717) is 20.8 Å². The summed E-state index contributed by atoms with van der Waals surface area (Å²) in [5, 5.41) is 10.7. The van der Waals surface area contributed by atoms with Crippen molar-refractivity contribution in [2.24, 2.45) is 5.10 Å². The number of nitrogens with zero attached hydrogens (tertiary/aromatic N) is 2. The number of hydrazone groups is 1. The van der Waals surface area contributed by atoms with E-state index in [1.54, 1.807) is 24.3 Å². The number of aromatic nitrogens is 2. The number of nitrogens with one attached hydrogen (secondary N) is 2. The molecule has 1 aromatic heterocycles. The van der Waals surface area contributed by atoms with Gasteiger partial charge in [-0.15, -0.1) is 0 Å². The molecule has 0 saturated heterocycles. The SMILES string of the molecule is O=C(N/N=C\c1ccc(F)c(Br)c1)c1n[nH]c(=O)c2ccccc12. The Balaban J connectivity index is 1.83. The van der Waals surface area contributed by atoms with Crippen LogP contribution < -0.4 is 11.0 Å². The largest absolute Gasteiger partial charge is 0.292 e. The predicted octanol–water partition coefficient (Wildman–Crippen LogP) is 2.59. The molecule has 0 aliphatic rings. The predicted molar refractivity (Wildman–Crippen MR) is 91.5 cm³/mol. The summed E-state index contributed by atoms with van der Waals surface area (Å²) in [6.45, 7) is 0. The molecule has 0 aliphatic heterocycles. The molecular weight excluding hydrogens is 379 g/mol. The maximum Gasteiger partial charge on any atom is 0.292 e. The molecule has 2 N–H and O–H groups in total. The van der Waals surface area contributed by atoms with Gasteiger partial charge in [0.25, 0.3) is 11.5 Å². The summed E-state index contributed by atoms with van der Waals surface area (Å²) in [6.07, 6.45) is 1.37. The zero-order chi connectivity index (χ0) is 17.1. The molecule has 0 spiro atoms. The van der Waals surface area contributed by atoms with Gasteiger partial charge in [-0.25, -0.2) is 14.9 Å². The van der Waals surface area contributed by atoms with Crippen LogP contribution in [0.1, 0.15) is 16.1 Å². The lowest BCUT2D eigenvalue weighted by molar-refractivity contribution is 0.0951. The summed E-state index contributed by atoms with van der Waals surface area (Å²) in [5.41, 5.74) is 2.61. The molecule has 2 aromatic carbocycles. The van der Waals surface area contributed by atoms with Crippen molar-refractivity contribution in [2.75, 3.05) is 0 Å². The van der Waals surface area contributed by atoms with Crippen LogP contribution in [0, 0.1) is 5.82 Å². The first kappa shape index (κ1) is 16.0. The number of amides is 1. The lowest BCUT2D eigenvalue weighted by Gasteiger charge is -2.03.